The van der Waals surface area contributed by atoms with Gasteiger partial charge in [-0.05, 0) is 49.9 Å². The number of likely N-dealkylation sites (N-methyl/N-ethyl adjacent to an activating group) is 1. The first-order valence-corrected chi connectivity index (χ1v) is 11.5. The number of amides is 2. The van der Waals surface area contributed by atoms with Crippen molar-refractivity contribution in [1.82, 2.24) is 15.2 Å². The van der Waals surface area contributed by atoms with Crippen molar-refractivity contribution in [3.8, 4) is 11.1 Å². The lowest BCUT2D eigenvalue weighted by molar-refractivity contribution is -0.110. The van der Waals surface area contributed by atoms with Crippen LogP contribution < -0.4 is 10.6 Å². The van der Waals surface area contributed by atoms with Gasteiger partial charge in [0, 0.05) is 41.3 Å². The minimum Gasteiger partial charge on any atom is -0.358 e. The number of anilines is 1. The molecule has 0 atom stereocenters. The summed E-state index contributed by atoms with van der Waals surface area (Å²) in [4.78, 5) is 31.4. The first kappa shape index (κ1) is 23.4. The van der Waals surface area contributed by atoms with Gasteiger partial charge in [0.15, 0.2) is 0 Å². The van der Waals surface area contributed by atoms with E-state index in [2.05, 4.69) is 34.4 Å². The van der Waals surface area contributed by atoms with Crippen LogP contribution in [0.5, 0.6) is 0 Å². The maximum absolute atomic E-state index is 14.2. The molecule has 0 saturated carbocycles. The van der Waals surface area contributed by atoms with E-state index in [4.69, 9.17) is 0 Å². The summed E-state index contributed by atoms with van der Waals surface area (Å²) in [5.74, 6) is -0.850. The van der Waals surface area contributed by atoms with E-state index in [9.17, 15) is 14.0 Å². The lowest BCUT2D eigenvalue weighted by Crippen LogP contribution is -2.35. The van der Waals surface area contributed by atoms with Gasteiger partial charge >= 0.3 is 0 Å². The molecular formula is C27H29FN4O2. The molecular weight excluding hydrogens is 431 g/mol. The molecule has 2 heterocycles. The second kappa shape index (κ2) is 10.1. The van der Waals surface area contributed by atoms with Crippen molar-refractivity contribution < 1.29 is 14.0 Å². The van der Waals surface area contributed by atoms with Gasteiger partial charge in [-0.25, -0.2) is 4.39 Å². The molecule has 2 amide bonds. The number of hydrogen-bond donors (Lipinski definition) is 3. The number of rotatable bonds is 8. The molecule has 0 aliphatic carbocycles. The van der Waals surface area contributed by atoms with Crippen LogP contribution in [0.15, 0.2) is 48.5 Å². The van der Waals surface area contributed by atoms with Crippen molar-refractivity contribution in [3.63, 3.8) is 0 Å². The third-order valence-electron chi connectivity index (χ3n) is 6.16. The second-order valence-electron chi connectivity index (χ2n) is 8.26. The molecule has 0 radical (unpaired) electrons. The second-order valence-corrected chi connectivity index (χ2v) is 8.26. The first-order valence-electron chi connectivity index (χ1n) is 11.5. The summed E-state index contributed by atoms with van der Waals surface area (Å²) in [7, 11) is 0. The summed E-state index contributed by atoms with van der Waals surface area (Å²) in [5.41, 5.74) is 4.83. The number of carbonyl (C=O) groups is 2. The van der Waals surface area contributed by atoms with E-state index in [-0.39, 0.29) is 11.8 Å². The Balaban J connectivity index is 1.77. The SMILES string of the molecule is CCN(CC)CCNC(=O)c1c(C)[nH]c(/C=C2\C(=O)Nc3ccccc32)c1-c1cccc(F)c1. The average molecular weight is 461 g/mol. The van der Waals surface area contributed by atoms with Gasteiger partial charge < -0.3 is 20.5 Å². The van der Waals surface area contributed by atoms with Crippen LogP contribution >= 0.6 is 0 Å². The van der Waals surface area contributed by atoms with Crippen LogP contribution in [0.4, 0.5) is 10.1 Å². The normalized spacial score (nSPS) is 13.9. The number of benzene rings is 2. The molecule has 2 aromatic carbocycles. The zero-order valence-electron chi connectivity index (χ0n) is 19.7. The topological polar surface area (TPSA) is 77.2 Å². The molecule has 1 aromatic heterocycles. The maximum atomic E-state index is 14.2. The number of carbonyl (C=O) groups excluding carboxylic acids is 2. The van der Waals surface area contributed by atoms with Gasteiger partial charge in [-0.2, -0.15) is 0 Å². The number of H-pyrrole nitrogens is 1. The van der Waals surface area contributed by atoms with Crippen molar-refractivity contribution >= 4 is 29.2 Å². The average Bonchev–Trinajstić information content (AvgIpc) is 3.32. The molecule has 1 aliphatic rings. The summed E-state index contributed by atoms with van der Waals surface area (Å²) in [5, 5.41) is 5.87. The molecule has 7 heteroatoms. The van der Waals surface area contributed by atoms with Gasteiger partial charge in [-0.3, -0.25) is 9.59 Å². The Morgan fingerprint density at radius 1 is 1.12 bits per heavy atom. The van der Waals surface area contributed by atoms with Gasteiger partial charge in [0.2, 0.25) is 0 Å². The summed E-state index contributed by atoms with van der Waals surface area (Å²) < 4.78 is 14.2. The van der Waals surface area contributed by atoms with Gasteiger partial charge in [-0.1, -0.05) is 44.2 Å². The smallest absolute Gasteiger partial charge is 0.256 e. The lowest BCUT2D eigenvalue weighted by atomic mass is 9.97. The van der Waals surface area contributed by atoms with Crippen LogP contribution in [0.2, 0.25) is 0 Å². The highest BCUT2D eigenvalue weighted by molar-refractivity contribution is 6.35. The van der Waals surface area contributed by atoms with Crippen molar-refractivity contribution in [3.05, 3.63) is 76.9 Å². The molecule has 3 N–H and O–H groups in total. The standard InChI is InChI=1S/C27H29FN4O2/c1-4-32(5-2)14-13-29-27(34)24-17(3)30-23(25(24)18-9-8-10-19(28)15-18)16-21-20-11-6-7-12-22(20)31-26(21)33/h6-12,15-16,30H,4-5,13-14H2,1-3H3,(H,29,34)(H,31,33)/b21-16-. The highest BCUT2D eigenvalue weighted by Crippen LogP contribution is 2.37. The number of para-hydroxylation sites is 1. The highest BCUT2D eigenvalue weighted by atomic mass is 19.1. The molecule has 34 heavy (non-hydrogen) atoms. The summed E-state index contributed by atoms with van der Waals surface area (Å²) in [6.45, 7) is 9.04. The molecule has 0 bridgehead atoms. The van der Waals surface area contributed by atoms with E-state index in [1.165, 1.54) is 12.1 Å². The Morgan fingerprint density at radius 3 is 2.62 bits per heavy atom. The zero-order valence-corrected chi connectivity index (χ0v) is 19.7. The van der Waals surface area contributed by atoms with E-state index in [0.717, 1.165) is 30.9 Å². The molecule has 3 aromatic rings. The number of halogens is 1. The number of nitrogens with one attached hydrogen (secondary N) is 3. The van der Waals surface area contributed by atoms with Crippen LogP contribution in [0, 0.1) is 12.7 Å². The molecule has 4 rings (SSSR count). The number of aromatic amines is 1. The van der Waals surface area contributed by atoms with Gasteiger partial charge in [0.25, 0.3) is 11.8 Å². The van der Waals surface area contributed by atoms with Crippen LogP contribution in [0.25, 0.3) is 22.8 Å². The number of fused-ring (bicyclic) bond motifs is 1. The van der Waals surface area contributed by atoms with E-state index < -0.39 is 5.82 Å². The zero-order chi connectivity index (χ0) is 24.2. The third-order valence-corrected chi connectivity index (χ3v) is 6.16. The molecule has 0 spiro atoms. The number of nitrogens with zero attached hydrogens (tertiary/aromatic N) is 1. The van der Waals surface area contributed by atoms with Crippen LogP contribution in [-0.4, -0.2) is 47.9 Å². The van der Waals surface area contributed by atoms with Crippen molar-refractivity contribution in [2.24, 2.45) is 0 Å². The van der Waals surface area contributed by atoms with Gasteiger partial charge in [0.05, 0.1) is 11.1 Å². The summed E-state index contributed by atoms with van der Waals surface area (Å²) in [6, 6.07) is 13.6. The molecule has 1 aliphatic heterocycles. The van der Waals surface area contributed by atoms with Crippen LogP contribution in [0.3, 0.4) is 0 Å². The maximum Gasteiger partial charge on any atom is 0.256 e. The molecule has 0 unspecified atom stereocenters. The van der Waals surface area contributed by atoms with E-state index in [1.54, 1.807) is 18.2 Å². The Bertz CT molecular complexity index is 1260. The third kappa shape index (κ3) is 4.65. The summed E-state index contributed by atoms with van der Waals surface area (Å²) >= 11 is 0. The largest absolute Gasteiger partial charge is 0.358 e. The van der Waals surface area contributed by atoms with Crippen molar-refractivity contribution in [2.45, 2.75) is 20.8 Å². The fourth-order valence-electron chi connectivity index (χ4n) is 4.37. The lowest BCUT2D eigenvalue weighted by Gasteiger charge is -2.18. The van der Waals surface area contributed by atoms with E-state index >= 15 is 0 Å². The molecule has 176 valence electrons. The minimum atomic E-state index is -0.396. The van der Waals surface area contributed by atoms with Crippen LogP contribution in [-0.2, 0) is 4.79 Å². The van der Waals surface area contributed by atoms with E-state index in [0.29, 0.717) is 40.2 Å². The first-order chi connectivity index (χ1) is 16.4. The number of aromatic nitrogens is 1. The van der Waals surface area contributed by atoms with Crippen LogP contribution in [0.1, 0.15) is 41.2 Å². The Labute approximate surface area is 198 Å². The summed E-state index contributed by atoms with van der Waals surface area (Å²) in [6.07, 6.45) is 1.74. The quantitative estimate of drug-likeness (QED) is 0.427. The fourth-order valence-corrected chi connectivity index (χ4v) is 4.37. The Morgan fingerprint density at radius 2 is 1.88 bits per heavy atom. The van der Waals surface area contributed by atoms with Crippen molar-refractivity contribution in [1.29, 1.82) is 0 Å². The predicted molar refractivity (Wildman–Crippen MR) is 134 cm³/mol. The number of aryl methyl sites for hydroxylation is 1. The highest BCUT2D eigenvalue weighted by Gasteiger charge is 2.27. The van der Waals surface area contributed by atoms with Gasteiger partial charge in [-0.15, -0.1) is 0 Å². The minimum absolute atomic E-state index is 0.219. The molecule has 0 saturated heterocycles. The van der Waals surface area contributed by atoms with E-state index in [1.807, 2.05) is 31.2 Å². The molecule has 6 nitrogen and oxygen atoms in total. The molecule has 0 fully saturated rings. The fraction of sp³-hybridized carbons (Fsp3) is 0.259. The predicted octanol–water partition coefficient (Wildman–Crippen LogP) is 4.69. The number of hydrogen-bond acceptors (Lipinski definition) is 3. The Kier molecular flexibility index (Phi) is 6.93. The Hall–Kier alpha value is -3.71. The van der Waals surface area contributed by atoms with Crippen molar-refractivity contribution in [2.75, 3.05) is 31.5 Å². The monoisotopic (exact) mass is 460 g/mol. The van der Waals surface area contributed by atoms with Gasteiger partial charge in [0.1, 0.15) is 5.82 Å².